The summed E-state index contributed by atoms with van der Waals surface area (Å²) in [5, 5.41) is 2.81. The molecule has 1 saturated carbocycles. The number of amides is 1. The Morgan fingerprint density at radius 1 is 1.29 bits per heavy atom. The lowest BCUT2D eigenvalue weighted by molar-refractivity contribution is -0.122. The van der Waals surface area contributed by atoms with Crippen molar-refractivity contribution in [3.05, 3.63) is 23.8 Å². The number of carbonyl (C=O) groups excluding carboxylic acids is 2. The Balaban J connectivity index is 1.45. The van der Waals surface area contributed by atoms with Gasteiger partial charge in [0, 0.05) is 31.1 Å². The smallest absolute Gasteiger partial charge is 0.265 e. The summed E-state index contributed by atoms with van der Waals surface area (Å²) in [6, 6.07) is 6.11. The maximum absolute atomic E-state index is 12.7. The molecule has 0 aromatic heterocycles. The van der Waals surface area contributed by atoms with Gasteiger partial charge in [-0.05, 0) is 49.8 Å². The minimum Gasteiger partial charge on any atom is -0.479 e. The van der Waals surface area contributed by atoms with Crippen LogP contribution in [0.25, 0.3) is 0 Å². The first kappa shape index (κ1) is 15.6. The number of likely N-dealkylation sites (tertiary alicyclic amines) is 1. The van der Waals surface area contributed by atoms with Crippen LogP contribution in [0.1, 0.15) is 43.5 Å². The van der Waals surface area contributed by atoms with Crippen molar-refractivity contribution in [1.82, 2.24) is 4.90 Å². The van der Waals surface area contributed by atoms with Gasteiger partial charge in [-0.3, -0.25) is 14.5 Å². The van der Waals surface area contributed by atoms with Gasteiger partial charge in [-0.25, -0.2) is 0 Å². The molecule has 2 aliphatic heterocycles. The molecule has 3 aliphatic rings. The van der Waals surface area contributed by atoms with Gasteiger partial charge in [-0.2, -0.15) is 0 Å². The number of anilines is 1. The van der Waals surface area contributed by atoms with E-state index in [0.29, 0.717) is 35.3 Å². The van der Waals surface area contributed by atoms with Gasteiger partial charge >= 0.3 is 0 Å². The van der Waals surface area contributed by atoms with Crippen LogP contribution in [-0.2, 0) is 4.79 Å². The number of ketones is 1. The number of nitrogens with zero attached hydrogens (tertiary/aromatic N) is 1. The summed E-state index contributed by atoms with van der Waals surface area (Å²) in [7, 11) is 0. The van der Waals surface area contributed by atoms with Crippen LogP contribution in [0.2, 0.25) is 0 Å². The highest BCUT2D eigenvalue weighted by molar-refractivity contribution is 6.01. The van der Waals surface area contributed by atoms with Crippen molar-refractivity contribution in [1.29, 1.82) is 0 Å². The summed E-state index contributed by atoms with van der Waals surface area (Å²) in [6.45, 7) is 6.13. The largest absolute Gasteiger partial charge is 0.479 e. The van der Waals surface area contributed by atoms with E-state index < -0.39 is 6.10 Å². The lowest BCUT2D eigenvalue weighted by Crippen LogP contribution is -2.34. The number of hydrogen-bond donors (Lipinski definition) is 1. The molecule has 24 heavy (non-hydrogen) atoms. The lowest BCUT2D eigenvalue weighted by atomic mass is 9.90. The molecule has 1 aromatic rings. The third-order valence-electron chi connectivity index (χ3n) is 5.54. The number of benzene rings is 1. The average molecular weight is 328 g/mol. The number of Topliss-reactive ketones (excluding diaryl/α,β-unsaturated/α-hetero) is 1. The summed E-state index contributed by atoms with van der Waals surface area (Å²) in [5.74, 6) is 1.61. The fourth-order valence-corrected chi connectivity index (χ4v) is 3.82. The zero-order chi connectivity index (χ0) is 16.8. The number of hydrogen-bond acceptors (Lipinski definition) is 4. The highest BCUT2D eigenvalue weighted by atomic mass is 16.5. The summed E-state index contributed by atoms with van der Waals surface area (Å²) in [6.07, 6.45) is 2.72. The Morgan fingerprint density at radius 3 is 2.83 bits per heavy atom. The third-order valence-corrected chi connectivity index (χ3v) is 5.54. The van der Waals surface area contributed by atoms with E-state index >= 15 is 0 Å². The molecule has 0 radical (unpaired) electrons. The molecule has 1 unspecified atom stereocenters. The van der Waals surface area contributed by atoms with E-state index in [1.807, 2.05) is 6.07 Å². The molecule has 0 spiro atoms. The highest BCUT2D eigenvalue weighted by Crippen LogP contribution is 2.36. The minimum atomic E-state index is -0.494. The topological polar surface area (TPSA) is 58.6 Å². The SMILES string of the molecule is CC1Oc2ccc(C(=O)C[C@@H]3CN(C4CC4)C[C@@H]3C)cc2NC1=O. The predicted octanol–water partition coefficient (Wildman–Crippen LogP) is 2.71. The summed E-state index contributed by atoms with van der Waals surface area (Å²) < 4.78 is 5.55. The molecule has 128 valence electrons. The molecule has 5 nitrogen and oxygen atoms in total. The fourth-order valence-electron chi connectivity index (χ4n) is 3.82. The van der Waals surface area contributed by atoms with E-state index in [1.54, 1.807) is 19.1 Å². The quantitative estimate of drug-likeness (QED) is 0.864. The van der Waals surface area contributed by atoms with Crippen LogP contribution >= 0.6 is 0 Å². The van der Waals surface area contributed by atoms with Crippen LogP contribution in [0.3, 0.4) is 0 Å². The van der Waals surface area contributed by atoms with Gasteiger partial charge in [0.15, 0.2) is 11.9 Å². The summed E-state index contributed by atoms with van der Waals surface area (Å²) in [4.78, 5) is 27.0. The van der Waals surface area contributed by atoms with Crippen LogP contribution < -0.4 is 10.1 Å². The fraction of sp³-hybridized carbons (Fsp3) is 0.579. The second kappa shape index (κ2) is 5.88. The van der Waals surface area contributed by atoms with Crippen molar-refractivity contribution in [2.75, 3.05) is 18.4 Å². The molecule has 0 bridgehead atoms. The normalized spacial score (nSPS) is 29.8. The molecule has 1 saturated heterocycles. The molecule has 1 aliphatic carbocycles. The van der Waals surface area contributed by atoms with Crippen LogP contribution in [0.4, 0.5) is 5.69 Å². The Hall–Kier alpha value is -1.88. The Bertz CT molecular complexity index is 683. The number of nitrogens with one attached hydrogen (secondary N) is 1. The highest BCUT2D eigenvalue weighted by Gasteiger charge is 2.38. The van der Waals surface area contributed by atoms with E-state index in [2.05, 4.69) is 17.1 Å². The molecule has 2 heterocycles. The number of fused-ring (bicyclic) bond motifs is 1. The number of ether oxygens (including phenoxy) is 1. The molecule has 3 atom stereocenters. The molecular formula is C19H24N2O3. The van der Waals surface area contributed by atoms with Crippen molar-refractivity contribution in [2.45, 2.75) is 45.3 Å². The van der Waals surface area contributed by atoms with E-state index in [9.17, 15) is 9.59 Å². The third kappa shape index (κ3) is 2.93. The molecule has 1 amide bonds. The van der Waals surface area contributed by atoms with Gasteiger partial charge in [0.25, 0.3) is 5.91 Å². The maximum Gasteiger partial charge on any atom is 0.265 e. The summed E-state index contributed by atoms with van der Waals surface area (Å²) in [5.41, 5.74) is 1.26. The first-order valence-electron chi connectivity index (χ1n) is 8.90. The van der Waals surface area contributed by atoms with Crippen molar-refractivity contribution in [3.8, 4) is 5.75 Å². The van der Waals surface area contributed by atoms with Gasteiger partial charge in [0.05, 0.1) is 5.69 Å². The standard InChI is InChI=1S/C19H24N2O3/c1-11-9-21(15-4-5-15)10-14(11)8-17(22)13-3-6-18-16(7-13)20-19(23)12(2)24-18/h3,6-7,11-12,14-15H,4-5,8-10H2,1-2H3,(H,20,23)/t11-,12?,14+/m0/s1. The molecular weight excluding hydrogens is 304 g/mol. The predicted molar refractivity (Wildman–Crippen MR) is 91.4 cm³/mol. The average Bonchev–Trinajstić information content (AvgIpc) is 3.33. The molecule has 1 aromatic carbocycles. The van der Waals surface area contributed by atoms with E-state index in [4.69, 9.17) is 4.74 Å². The Kier molecular flexibility index (Phi) is 3.83. The van der Waals surface area contributed by atoms with Crippen LogP contribution in [0, 0.1) is 11.8 Å². The monoisotopic (exact) mass is 328 g/mol. The van der Waals surface area contributed by atoms with Crippen molar-refractivity contribution < 1.29 is 14.3 Å². The van der Waals surface area contributed by atoms with E-state index in [0.717, 1.165) is 19.1 Å². The van der Waals surface area contributed by atoms with E-state index in [1.165, 1.54) is 12.8 Å². The van der Waals surface area contributed by atoms with Crippen LogP contribution in [0.15, 0.2) is 18.2 Å². The second-order valence-electron chi connectivity index (χ2n) is 7.51. The first-order valence-corrected chi connectivity index (χ1v) is 8.90. The van der Waals surface area contributed by atoms with Gasteiger partial charge in [0.2, 0.25) is 0 Å². The van der Waals surface area contributed by atoms with Gasteiger partial charge in [0.1, 0.15) is 5.75 Å². The Labute approximate surface area is 142 Å². The van der Waals surface area contributed by atoms with Crippen LogP contribution in [-0.4, -0.2) is 41.8 Å². The summed E-state index contributed by atoms with van der Waals surface area (Å²) >= 11 is 0. The molecule has 2 fully saturated rings. The van der Waals surface area contributed by atoms with Gasteiger partial charge < -0.3 is 10.1 Å². The molecule has 5 heteroatoms. The van der Waals surface area contributed by atoms with Crippen molar-refractivity contribution in [2.24, 2.45) is 11.8 Å². The maximum atomic E-state index is 12.7. The first-order chi connectivity index (χ1) is 11.5. The number of rotatable bonds is 4. The van der Waals surface area contributed by atoms with Crippen LogP contribution in [0.5, 0.6) is 5.75 Å². The second-order valence-corrected chi connectivity index (χ2v) is 7.51. The zero-order valence-electron chi connectivity index (χ0n) is 14.2. The number of carbonyl (C=O) groups is 2. The zero-order valence-corrected chi connectivity index (χ0v) is 14.2. The van der Waals surface area contributed by atoms with Crippen molar-refractivity contribution >= 4 is 17.4 Å². The van der Waals surface area contributed by atoms with Gasteiger partial charge in [-0.15, -0.1) is 0 Å². The minimum absolute atomic E-state index is 0.153. The molecule has 1 N–H and O–H groups in total. The van der Waals surface area contributed by atoms with Crippen molar-refractivity contribution in [3.63, 3.8) is 0 Å². The Morgan fingerprint density at radius 2 is 2.08 bits per heavy atom. The molecule has 4 rings (SSSR count). The lowest BCUT2D eigenvalue weighted by Gasteiger charge is -2.23. The van der Waals surface area contributed by atoms with E-state index in [-0.39, 0.29) is 11.7 Å². The van der Waals surface area contributed by atoms with Gasteiger partial charge in [-0.1, -0.05) is 6.92 Å².